The Kier molecular flexibility index (Phi) is 5.55. The molecule has 2 rings (SSSR count). The summed E-state index contributed by atoms with van der Waals surface area (Å²) in [6, 6.07) is 9.06. The Labute approximate surface area is 131 Å². The number of rotatable bonds is 8. The van der Waals surface area contributed by atoms with Gasteiger partial charge in [0.05, 0.1) is 5.54 Å². The predicted molar refractivity (Wildman–Crippen MR) is 86.3 cm³/mol. The first-order valence-electron chi connectivity index (χ1n) is 7.89. The summed E-state index contributed by atoms with van der Waals surface area (Å²) in [5.41, 5.74) is 6.15. The van der Waals surface area contributed by atoms with Crippen LogP contribution >= 0.6 is 0 Å². The van der Waals surface area contributed by atoms with Crippen LogP contribution in [0.2, 0.25) is 0 Å². The molecule has 0 aromatic heterocycles. The Hall–Kier alpha value is -1.88. The monoisotopic (exact) mass is 303 g/mol. The molecule has 1 fully saturated rings. The Morgan fingerprint density at radius 2 is 1.95 bits per heavy atom. The molecule has 1 atom stereocenters. The molecular weight excluding hydrogens is 278 g/mol. The van der Waals surface area contributed by atoms with Gasteiger partial charge in [-0.25, -0.2) is 0 Å². The number of hydrogen-bond donors (Lipinski definition) is 3. The molecular formula is C17H25N3O2. The van der Waals surface area contributed by atoms with Crippen molar-refractivity contribution in [1.29, 1.82) is 0 Å². The number of hydrogen-bond acceptors (Lipinski definition) is 3. The molecule has 120 valence electrons. The zero-order chi connectivity index (χ0) is 16.0. The molecule has 0 radical (unpaired) electrons. The minimum atomic E-state index is -0.273. The number of carbonyl (C=O) groups excluding carboxylic acids is 2. The molecule has 5 heteroatoms. The van der Waals surface area contributed by atoms with Crippen LogP contribution in [0.25, 0.3) is 0 Å². The van der Waals surface area contributed by atoms with Crippen LogP contribution in [0.15, 0.2) is 30.3 Å². The first kappa shape index (κ1) is 16.5. The average Bonchev–Trinajstić information content (AvgIpc) is 3.37. The first-order chi connectivity index (χ1) is 10.5. The molecule has 2 amide bonds. The maximum atomic E-state index is 12.0. The van der Waals surface area contributed by atoms with E-state index in [1.54, 1.807) is 12.1 Å². The van der Waals surface area contributed by atoms with Crippen molar-refractivity contribution in [2.24, 2.45) is 11.7 Å². The second kappa shape index (κ2) is 7.40. The van der Waals surface area contributed by atoms with Gasteiger partial charge in [0, 0.05) is 25.1 Å². The minimum absolute atomic E-state index is 0.00816. The molecule has 22 heavy (non-hydrogen) atoms. The van der Waals surface area contributed by atoms with Gasteiger partial charge in [0.15, 0.2) is 0 Å². The fourth-order valence-corrected chi connectivity index (χ4v) is 2.56. The third-order valence-corrected chi connectivity index (χ3v) is 4.23. The van der Waals surface area contributed by atoms with E-state index in [0.29, 0.717) is 37.4 Å². The highest BCUT2D eigenvalue weighted by Crippen LogP contribution is 2.38. The van der Waals surface area contributed by atoms with Crippen LogP contribution in [0.4, 0.5) is 0 Å². The van der Waals surface area contributed by atoms with Gasteiger partial charge in [-0.1, -0.05) is 18.2 Å². The molecule has 5 nitrogen and oxygen atoms in total. The van der Waals surface area contributed by atoms with Gasteiger partial charge in [-0.3, -0.25) is 9.59 Å². The summed E-state index contributed by atoms with van der Waals surface area (Å²) in [6.07, 6.45) is 3.30. The summed E-state index contributed by atoms with van der Waals surface area (Å²) in [7, 11) is 0. The van der Waals surface area contributed by atoms with Gasteiger partial charge in [0.25, 0.3) is 5.91 Å². The SMILES string of the molecule is CC(CN)(NC(=O)CCCNC(=O)c1ccccc1)C1CC1. The number of carbonyl (C=O) groups is 2. The number of nitrogens with one attached hydrogen (secondary N) is 2. The van der Waals surface area contributed by atoms with Gasteiger partial charge in [-0.2, -0.15) is 0 Å². The Morgan fingerprint density at radius 1 is 1.27 bits per heavy atom. The van der Waals surface area contributed by atoms with Crippen LogP contribution in [-0.2, 0) is 4.79 Å². The lowest BCUT2D eigenvalue weighted by Gasteiger charge is -2.29. The fraction of sp³-hybridized carbons (Fsp3) is 0.529. The van der Waals surface area contributed by atoms with E-state index in [1.807, 2.05) is 25.1 Å². The van der Waals surface area contributed by atoms with E-state index in [2.05, 4.69) is 10.6 Å². The second-order valence-corrected chi connectivity index (χ2v) is 6.17. The maximum Gasteiger partial charge on any atom is 0.251 e. The Morgan fingerprint density at radius 3 is 2.55 bits per heavy atom. The summed E-state index contributed by atoms with van der Waals surface area (Å²) in [5, 5.41) is 5.87. The van der Waals surface area contributed by atoms with E-state index < -0.39 is 0 Å². The lowest BCUT2D eigenvalue weighted by molar-refractivity contribution is -0.123. The van der Waals surface area contributed by atoms with Gasteiger partial charge in [0.1, 0.15) is 0 Å². The van der Waals surface area contributed by atoms with E-state index in [9.17, 15) is 9.59 Å². The van der Waals surface area contributed by atoms with E-state index in [0.717, 1.165) is 12.8 Å². The average molecular weight is 303 g/mol. The van der Waals surface area contributed by atoms with Crippen molar-refractivity contribution in [3.05, 3.63) is 35.9 Å². The fourth-order valence-electron chi connectivity index (χ4n) is 2.56. The van der Waals surface area contributed by atoms with Gasteiger partial charge >= 0.3 is 0 Å². The Balaban J connectivity index is 1.66. The number of nitrogens with two attached hydrogens (primary N) is 1. The summed E-state index contributed by atoms with van der Waals surface area (Å²) in [5.74, 6) is 0.416. The highest BCUT2D eigenvalue weighted by Gasteiger charge is 2.41. The molecule has 0 spiro atoms. The standard InChI is InChI=1S/C17H25N3O2/c1-17(12-18,14-9-10-14)20-15(21)8-5-11-19-16(22)13-6-3-2-4-7-13/h2-4,6-7,14H,5,8-12,18H2,1H3,(H,19,22)(H,20,21). The zero-order valence-corrected chi connectivity index (χ0v) is 13.1. The topological polar surface area (TPSA) is 84.2 Å². The molecule has 0 saturated heterocycles. The van der Waals surface area contributed by atoms with Crippen molar-refractivity contribution in [3.63, 3.8) is 0 Å². The smallest absolute Gasteiger partial charge is 0.251 e. The molecule has 1 saturated carbocycles. The molecule has 0 bridgehead atoms. The van der Waals surface area contributed by atoms with Crippen molar-refractivity contribution in [2.75, 3.05) is 13.1 Å². The normalized spacial score (nSPS) is 16.6. The number of amides is 2. The predicted octanol–water partition coefficient (Wildman–Crippen LogP) is 1.44. The van der Waals surface area contributed by atoms with Gasteiger partial charge in [-0.15, -0.1) is 0 Å². The van der Waals surface area contributed by atoms with Crippen LogP contribution in [0.5, 0.6) is 0 Å². The van der Waals surface area contributed by atoms with Crippen LogP contribution in [0, 0.1) is 5.92 Å². The van der Waals surface area contributed by atoms with Crippen molar-refractivity contribution >= 4 is 11.8 Å². The third-order valence-electron chi connectivity index (χ3n) is 4.23. The highest BCUT2D eigenvalue weighted by atomic mass is 16.2. The number of benzene rings is 1. The molecule has 1 aliphatic carbocycles. The van der Waals surface area contributed by atoms with Gasteiger partial charge in [-0.05, 0) is 44.2 Å². The zero-order valence-electron chi connectivity index (χ0n) is 13.1. The lowest BCUT2D eigenvalue weighted by atomic mass is 9.95. The molecule has 1 aromatic rings. The van der Waals surface area contributed by atoms with E-state index in [4.69, 9.17) is 5.73 Å². The van der Waals surface area contributed by atoms with Crippen molar-refractivity contribution in [3.8, 4) is 0 Å². The minimum Gasteiger partial charge on any atom is -0.352 e. The molecule has 1 unspecified atom stereocenters. The third kappa shape index (κ3) is 4.56. The highest BCUT2D eigenvalue weighted by molar-refractivity contribution is 5.94. The van der Waals surface area contributed by atoms with Crippen LogP contribution in [0.1, 0.15) is 43.0 Å². The van der Waals surface area contributed by atoms with Crippen LogP contribution < -0.4 is 16.4 Å². The summed E-state index contributed by atoms with van der Waals surface area (Å²) in [4.78, 5) is 23.8. The van der Waals surface area contributed by atoms with Crippen LogP contribution in [-0.4, -0.2) is 30.4 Å². The summed E-state index contributed by atoms with van der Waals surface area (Å²) < 4.78 is 0. The van der Waals surface area contributed by atoms with E-state index in [-0.39, 0.29) is 17.4 Å². The quantitative estimate of drug-likeness (QED) is 0.635. The van der Waals surface area contributed by atoms with Gasteiger partial charge < -0.3 is 16.4 Å². The molecule has 0 heterocycles. The molecule has 4 N–H and O–H groups in total. The lowest BCUT2D eigenvalue weighted by Crippen LogP contribution is -2.53. The summed E-state index contributed by atoms with van der Waals surface area (Å²) in [6.45, 7) is 2.97. The second-order valence-electron chi connectivity index (χ2n) is 6.17. The first-order valence-corrected chi connectivity index (χ1v) is 7.89. The van der Waals surface area contributed by atoms with E-state index >= 15 is 0 Å². The molecule has 1 aliphatic rings. The van der Waals surface area contributed by atoms with Crippen molar-refractivity contribution < 1.29 is 9.59 Å². The molecule has 0 aliphatic heterocycles. The van der Waals surface area contributed by atoms with Gasteiger partial charge in [0.2, 0.25) is 5.91 Å². The summed E-state index contributed by atoms with van der Waals surface area (Å²) >= 11 is 0. The largest absolute Gasteiger partial charge is 0.352 e. The molecule has 1 aromatic carbocycles. The maximum absolute atomic E-state index is 12.0. The van der Waals surface area contributed by atoms with Crippen molar-refractivity contribution in [1.82, 2.24) is 10.6 Å². The Bertz CT molecular complexity index is 514. The van der Waals surface area contributed by atoms with Crippen LogP contribution in [0.3, 0.4) is 0 Å². The van der Waals surface area contributed by atoms with E-state index in [1.165, 1.54) is 0 Å². The van der Waals surface area contributed by atoms with Crippen molar-refractivity contribution in [2.45, 2.75) is 38.1 Å².